The van der Waals surface area contributed by atoms with Crippen LogP contribution >= 0.6 is 0 Å². The summed E-state index contributed by atoms with van der Waals surface area (Å²) in [5.74, 6) is 0. The highest BCUT2D eigenvalue weighted by molar-refractivity contribution is 4.85. The Balaban J connectivity index is 1.98. The van der Waals surface area contributed by atoms with E-state index in [1.54, 1.807) is 0 Å². The molecule has 0 amide bonds. The van der Waals surface area contributed by atoms with Gasteiger partial charge in [-0.25, -0.2) is 0 Å². The van der Waals surface area contributed by atoms with E-state index in [-0.39, 0.29) is 5.72 Å². The van der Waals surface area contributed by atoms with Gasteiger partial charge in [-0.1, -0.05) is 0 Å². The first-order chi connectivity index (χ1) is 4.91. The highest BCUT2D eigenvalue weighted by atomic mass is 16.5. The molecule has 1 unspecified atom stereocenters. The highest BCUT2D eigenvalue weighted by Gasteiger charge is 2.35. The second-order valence-electron chi connectivity index (χ2n) is 3.33. The van der Waals surface area contributed by atoms with Crippen LogP contribution in [0.15, 0.2) is 0 Å². The van der Waals surface area contributed by atoms with E-state index in [9.17, 15) is 0 Å². The molecule has 2 rings (SSSR count). The molecule has 2 heterocycles. The summed E-state index contributed by atoms with van der Waals surface area (Å²) in [4.78, 5) is 0. The van der Waals surface area contributed by atoms with Gasteiger partial charge >= 0.3 is 0 Å². The first-order valence-corrected chi connectivity index (χ1v) is 4.30. The number of rotatable bonds is 0. The van der Waals surface area contributed by atoms with Crippen LogP contribution in [0.4, 0.5) is 0 Å². The fourth-order valence-electron chi connectivity index (χ4n) is 1.97. The molecule has 0 bridgehead atoms. The lowest BCUT2D eigenvalue weighted by molar-refractivity contribution is -0.0437. The fourth-order valence-corrected chi connectivity index (χ4v) is 1.97. The third-order valence-electron chi connectivity index (χ3n) is 2.56. The Labute approximate surface area is 61.9 Å². The Morgan fingerprint density at radius 1 is 1.10 bits per heavy atom. The zero-order valence-corrected chi connectivity index (χ0v) is 6.36. The molecule has 1 N–H and O–H groups in total. The largest absolute Gasteiger partial charge is 0.361 e. The minimum atomic E-state index is 0.123. The molecule has 1 atom stereocenters. The predicted octanol–water partition coefficient (Wildman–Crippen LogP) is 1.27. The number of hydrogen-bond acceptors (Lipinski definition) is 2. The van der Waals surface area contributed by atoms with Gasteiger partial charge < -0.3 is 4.74 Å². The van der Waals surface area contributed by atoms with Gasteiger partial charge in [0.2, 0.25) is 0 Å². The number of ether oxygens (including phenoxy) is 1. The summed E-state index contributed by atoms with van der Waals surface area (Å²) in [6, 6.07) is 0. The van der Waals surface area contributed by atoms with Crippen molar-refractivity contribution < 1.29 is 4.74 Å². The minimum Gasteiger partial charge on any atom is -0.361 e. The molecule has 2 saturated heterocycles. The second kappa shape index (κ2) is 2.51. The average Bonchev–Trinajstić information content (AvgIpc) is 2.39. The summed E-state index contributed by atoms with van der Waals surface area (Å²) >= 11 is 0. The van der Waals surface area contributed by atoms with E-state index in [1.807, 2.05) is 0 Å². The van der Waals surface area contributed by atoms with Crippen LogP contribution in [0.1, 0.15) is 32.1 Å². The van der Waals surface area contributed by atoms with Crippen molar-refractivity contribution in [2.24, 2.45) is 0 Å². The van der Waals surface area contributed by atoms with Crippen molar-refractivity contribution in [3.63, 3.8) is 0 Å². The summed E-state index contributed by atoms with van der Waals surface area (Å²) in [6.45, 7) is 2.12. The van der Waals surface area contributed by atoms with Crippen molar-refractivity contribution in [2.45, 2.75) is 37.8 Å². The van der Waals surface area contributed by atoms with Crippen LogP contribution in [0.3, 0.4) is 0 Å². The van der Waals surface area contributed by atoms with Crippen molar-refractivity contribution in [3.05, 3.63) is 0 Å². The van der Waals surface area contributed by atoms with Gasteiger partial charge in [-0.05, 0) is 38.6 Å². The first kappa shape index (κ1) is 6.62. The van der Waals surface area contributed by atoms with Gasteiger partial charge in [-0.3, -0.25) is 5.32 Å². The van der Waals surface area contributed by atoms with Crippen LogP contribution in [0.25, 0.3) is 0 Å². The molecule has 10 heavy (non-hydrogen) atoms. The molecular formula is C8H15NO. The lowest BCUT2D eigenvalue weighted by atomic mass is 9.98. The monoisotopic (exact) mass is 141 g/mol. The van der Waals surface area contributed by atoms with E-state index in [1.165, 1.54) is 32.1 Å². The molecule has 58 valence electrons. The molecule has 0 aromatic heterocycles. The van der Waals surface area contributed by atoms with Gasteiger partial charge in [0, 0.05) is 6.61 Å². The Morgan fingerprint density at radius 3 is 2.60 bits per heavy atom. The number of piperidine rings is 1. The maximum absolute atomic E-state index is 5.67. The average molecular weight is 141 g/mol. The molecule has 0 aliphatic carbocycles. The lowest BCUT2D eigenvalue weighted by Crippen LogP contribution is -2.47. The number of hydrogen-bond donors (Lipinski definition) is 1. The molecule has 2 aliphatic rings. The SMILES string of the molecule is C1CCC2(CCCO2)NC1. The predicted molar refractivity (Wildman–Crippen MR) is 39.8 cm³/mol. The number of nitrogens with one attached hydrogen (secondary N) is 1. The van der Waals surface area contributed by atoms with Crippen LogP contribution in [0.2, 0.25) is 0 Å². The van der Waals surface area contributed by atoms with Crippen LogP contribution in [0.5, 0.6) is 0 Å². The summed E-state index contributed by atoms with van der Waals surface area (Å²) in [6.07, 6.45) is 6.37. The van der Waals surface area contributed by atoms with Crippen molar-refractivity contribution in [2.75, 3.05) is 13.2 Å². The maximum Gasteiger partial charge on any atom is 0.119 e. The van der Waals surface area contributed by atoms with Crippen LogP contribution < -0.4 is 5.32 Å². The van der Waals surface area contributed by atoms with Gasteiger partial charge in [0.05, 0.1) is 0 Å². The summed E-state index contributed by atoms with van der Waals surface area (Å²) < 4.78 is 5.67. The van der Waals surface area contributed by atoms with Crippen molar-refractivity contribution in [1.82, 2.24) is 5.32 Å². The van der Waals surface area contributed by atoms with Crippen LogP contribution in [-0.4, -0.2) is 18.9 Å². The van der Waals surface area contributed by atoms with Gasteiger partial charge in [-0.15, -0.1) is 0 Å². The molecule has 0 aromatic rings. The van der Waals surface area contributed by atoms with Gasteiger partial charge in [0.25, 0.3) is 0 Å². The molecule has 0 aromatic carbocycles. The van der Waals surface area contributed by atoms with Crippen molar-refractivity contribution >= 4 is 0 Å². The molecule has 0 saturated carbocycles. The molecule has 2 fully saturated rings. The van der Waals surface area contributed by atoms with Gasteiger partial charge in [0.15, 0.2) is 0 Å². The minimum absolute atomic E-state index is 0.123. The normalized spacial score (nSPS) is 40.8. The standard InChI is InChI=1S/C8H15NO/c1-2-6-9-8(4-1)5-3-7-10-8/h9H,1-7H2. The van der Waals surface area contributed by atoms with Crippen LogP contribution in [-0.2, 0) is 4.74 Å². The Kier molecular flexibility index (Phi) is 1.66. The van der Waals surface area contributed by atoms with Crippen LogP contribution in [0, 0.1) is 0 Å². The van der Waals surface area contributed by atoms with Gasteiger partial charge in [0.1, 0.15) is 5.72 Å². The fraction of sp³-hybridized carbons (Fsp3) is 1.00. The first-order valence-electron chi connectivity index (χ1n) is 4.30. The maximum atomic E-state index is 5.67. The lowest BCUT2D eigenvalue weighted by Gasteiger charge is -2.33. The van der Waals surface area contributed by atoms with E-state index in [4.69, 9.17) is 4.74 Å². The smallest absolute Gasteiger partial charge is 0.119 e. The second-order valence-corrected chi connectivity index (χ2v) is 3.33. The Hall–Kier alpha value is -0.0800. The summed E-state index contributed by atoms with van der Waals surface area (Å²) in [5, 5.41) is 3.47. The summed E-state index contributed by atoms with van der Waals surface area (Å²) in [5.41, 5.74) is 0.123. The molecule has 0 radical (unpaired) electrons. The summed E-state index contributed by atoms with van der Waals surface area (Å²) in [7, 11) is 0. The molecular weight excluding hydrogens is 126 g/mol. The topological polar surface area (TPSA) is 21.3 Å². The van der Waals surface area contributed by atoms with E-state index in [0.29, 0.717) is 0 Å². The van der Waals surface area contributed by atoms with Crippen molar-refractivity contribution in [3.8, 4) is 0 Å². The van der Waals surface area contributed by atoms with E-state index < -0.39 is 0 Å². The van der Waals surface area contributed by atoms with E-state index in [0.717, 1.165) is 13.2 Å². The van der Waals surface area contributed by atoms with E-state index >= 15 is 0 Å². The zero-order chi connectivity index (χ0) is 6.86. The van der Waals surface area contributed by atoms with Crippen molar-refractivity contribution in [1.29, 1.82) is 0 Å². The molecule has 2 aliphatic heterocycles. The third kappa shape index (κ3) is 1.06. The zero-order valence-electron chi connectivity index (χ0n) is 6.36. The highest BCUT2D eigenvalue weighted by Crippen LogP contribution is 2.30. The molecule has 2 nitrogen and oxygen atoms in total. The van der Waals surface area contributed by atoms with Gasteiger partial charge in [-0.2, -0.15) is 0 Å². The third-order valence-corrected chi connectivity index (χ3v) is 2.56. The van der Waals surface area contributed by atoms with E-state index in [2.05, 4.69) is 5.32 Å². The molecule has 2 heteroatoms. The Morgan fingerprint density at radius 2 is 2.00 bits per heavy atom. The molecule has 1 spiro atoms. The quantitative estimate of drug-likeness (QED) is 0.548. The Bertz CT molecular complexity index is 110.